The van der Waals surface area contributed by atoms with Crippen molar-refractivity contribution in [3.8, 4) is 0 Å². The van der Waals surface area contributed by atoms with Gasteiger partial charge in [0.1, 0.15) is 0 Å². The number of likely N-dealkylation sites (tertiary alicyclic amines) is 1. The Labute approximate surface area is 145 Å². The average Bonchev–Trinajstić information content (AvgIpc) is 3.07. The predicted molar refractivity (Wildman–Crippen MR) is 90.0 cm³/mol. The molecule has 0 radical (unpaired) electrons. The summed E-state index contributed by atoms with van der Waals surface area (Å²) < 4.78 is 5.29. The molecule has 0 aliphatic carbocycles. The summed E-state index contributed by atoms with van der Waals surface area (Å²) in [7, 11) is 0. The summed E-state index contributed by atoms with van der Waals surface area (Å²) in [4.78, 5) is 31.3. The zero-order valence-corrected chi connectivity index (χ0v) is 14.1. The Morgan fingerprint density at radius 2 is 2.20 bits per heavy atom. The molecule has 7 nitrogen and oxygen atoms in total. The molecule has 1 aromatic carbocycles. The number of piperidine rings is 1. The molecule has 7 heteroatoms. The monoisotopic (exact) mass is 340 g/mol. The van der Waals surface area contributed by atoms with Crippen LogP contribution >= 0.6 is 0 Å². The number of carbonyl (C=O) groups is 2. The third-order valence-corrected chi connectivity index (χ3v) is 4.92. The summed E-state index contributed by atoms with van der Waals surface area (Å²) in [5.74, 6) is 0.731. The lowest BCUT2D eigenvalue weighted by Crippen LogP contribution is -2.43. The molecule has 1 saturated heterocycles. The normalized spacial score (nSPS) is 23.1. The number of aromatic nitrogens is 2. The molecule has 0 spiro atoms. The standard InChI is InChI=1S/C18H20N4O3/c1-11-19-17(25-21-11)12-5-4-8-22(10-12)18(24)14-9-16(23)20-15-7-3-2-6-13(14)15/h2-3,6-7,12,14H,4-5,8-10H2,1H3,(H,20,23)/t12-,14+/m0/s1. The van der Waals surface area contributed by atoms with Crippen molar-refractivity contribution in [2.75, 3.05) is 18.4 Å². The Balaban J connectivity index is 1.55. The third kappa shape index (κ3) is 3.01. The van der Waals surface area contributed by atoms with Crippen LogP contribution in [0.2, 0.25) is 0 Å². The van der Waals surface area contributed by atoms with E-state index in [9.17, 15) is 9.59 Å². The lowest BCUT2D eigenvalue weighted by Gasteiger charge is -2.35. The van der Waals surface area contributed by atoms with Crippen LogP contribution in [0.1, 0.15) is 48.4 Å². The summed E-state index contributed by atoms with van der Waals surface area (Å²) in [6, 6.07) is 7.52. The van der Waals surface area contributed by atoms with Crippen LogP contribution in [0, 0.1) is 6.92 Å². The number of nitrogens with one attached hydrogen (secondary N) is 1. The first-order chi connectivity index (χ1) is 12.1. The first-order valence-electron chi connectivity index (χ1n) is 8.59. The lowest BCUT2D eigenvalue weighted by molar-refractivity contribution is -0.136. The Bertz CT molecular complexity index is 816. The molecule has 130 valence electrons. The van der Waals surface area contributed by atoms with Crippen LogP contribution in [0.4, 0.5) is 5.69 Å². The van der Waals surface area contributed by atoms with Gasteiger partial charge in [0.2, 0.25) is 17.7 Å². The Hall–Kier alpha value is -2.70. The SMILES string of the molecule is Cc1noc([C@H]2CCCN(C(=O)[C@@H]3CC(=O)Nc4ccccc43)C2)n1. The maximum absolute atomic E-state index is 13.1. The maximum atomic E-state index is 13.1. The number of carbonyl (C=O) groups excluding carboxylic acids is 2. The van der Waals surface area contributed by atoms with Crippen molar-refractivity contribution in [3.63, 3.8) is 0 Å². The molecule has 3 heterocycles. The number of amides is 2. The lowest BCUT2D eigenvalue weighted by atomic mass is 9.88. The topological polar surface area (TPSA) is 88.3 Å². The number of benzene rings is 1. The van der Waals surface area contributed by atoms with E-state index in [1.807, 2.05) is 29.2 Å². The summed E-state index contributed by atoms with van der Waals surface area (Å²) >= 11 is 0. The van der Waals surface area contributed by atoms with E-state index in [0.29, 0.717) is 24.8 Å². The van der Waals surface area contributed by atoms with Crippen molar-refractivity contribution in [1.82, 2.24) is 15.0 Å². The van der Waals surface area contributed by atoms with E-state index in [4.69, 9.17) is 4.52 Å². The van der Waals surface area contributed by atoms with Gasteiger partial charge in [-0.25, -0.2) is 0 Å². The van der Waals surface area contributed by atoms with Gasteiger partial charge >= 0.3 is 0 Å². The fraction of sp³-hybridized carbons (Fsp3) is 0.444. The van der Waals surface area contributed by atoms with Gasteiger partial charge in [-0.15, -0.1) is 0 Å². The van der Waals surface area contributed by atoms with E-state index in [-0.39, 0.29) is 24.2 Å². The van der Waals surface area contributed by atoms with E-state index in [1.54, 1.807) is 6.92 Å². The molecule has 25 heavy (non-hydrogen) atoms. The minimum Gasteiger partial charge on any atom is -0.341 e. The van der Waals surface area contributed by atoms with Crippen LogP contribution < -0.4 is 5.32 Å². The largest absolute Gasteiger partial charge is 0.341 e. The van der Waals surface area contributed by atoms with Gasteiger partial charge in [0.25, 0.3) is 0 Å². The fourth-order valence-corrected chi connectivity index (χ4v) is 3.71. The molecule has 2 aliphatic rings. The molecular formula is C18H20N4O3. The predicted octanol–water partition coefficient (Wildman–Crippen LogP) is 2.21. The van der Waals surface area contributed by atoms with E-state index >= 15 is 0 Å². The van der Waals surface area contributed by atoms with E-state index in [1.165, 1.54) is 0 Å². The maximum Gasteiger partial charge on any atom is 0.231 e. The Morgan fingerprint density at radius 1 is 1.36 bits per heavy atom. The number of fused-ring (bicyclic) bond motifs is 1. The zero-order valence-electron chi connectivity index (χ0n) is 14.1. The molecule has 0 unspecified atom stereocenters. The van der Waals surface area contributed by atoms with Crippen molar-refractivity contribution in [2.24, 2.45) is 0 Å². The molecule has 2 aliphatic heterocycles. The van der Waals surface area contributed by atoms with Crippen LogP contribution in [-0.4, -0.2) is 39.9 Å². The fourth-order valence-electron chi connectivity index (χ4n) is 3.71. The molecule has 0 bridgehead atoms. The molecule has 1 N–H and O–H groups in total. The van der Waals surface area contributed by atoms with Gasteiger partial charge in [-0.05, 0) is 31.4 Å². The second kappa shape index (κ2) is 6.31. The van der Waals surface area contributed by atoms with Crippen LogP contribution in [0.15, 0.2) is 28.8 Å². The Morgan fingerprint density at radius 3 is 3.00 bits per heavy atom. The Kier molecular flexibility index (Phi) is 3.99. The number of anilines is 1. The van der Waals surface area contributed by atoms with E-state index in [2.05, 4.69) is 15.5 Å². The molecule has 2 aromatic rings. The number of hydrogen-bond donors (Lipinski definition) is 1. The van der Waals surface area contributed by atoms with Gasteiger partial charge in [0.05, 0.1) is 11.8 Å². The van der Waals surface area contributed by atoms with Gasteiger partial charge in [-0.3, -0.25) is 9.59 Å². The summed E-state index contributed by atoms with van der Waals surface area (Å²) in [5.41, 5.74) is 1.63. The molecule has 2 atom stereocenters. The van der Waals surface area contributed by atoms with Crippen LogP contribution in [0.5, 0.6) is 0 Å². The number of para-hydroxylation sites is 1. The van der Waals surface area contributed by atoms with Gasteiger partial charge in [0, 0.05) is 25.2 Å². The first-order valence-corrected chi connectivity index (χ1v) is 8.59. The van der Waals surface area contributed by atoms with Gasteiger partial charge in [0.15, 0.2) is 5.82 Å². The highest BCUT2D eigenvalue weighted by molar-refractivity contribution is 6.01. The molecule has 4 rings (SSSR count). The van der Waals surface area contributed by atoms with Crippen LogP contribution in [0.25, 0.3) is 0 Å². The first kappa shape index (κ1) is 15.8. The molecular weight excluding hydrogens is 320 g/mol. The molecule has 1 fully saturated rings. The summed E-state index contributed by atoms with van der Waals surface area (Å²) in [6.07, 6.45) is 2.00. The van der Waals surface area contributed by atoms with Crippen molar-refractivity contribution in [1.29, 1.82) is 0 Å². The number of aryl methyl sites for hydroxylation is 1. The second-order valence-corrected chi connectivity index (χ2v) is 6.70. The van der Waals surface area contributed by atoms with Gasteiger partial charge in [-0.1, -0.05) is 23.4 Å². The van der Waals surface area contributed by atoms with E-state index in [0.717, 1.165) is 24.1 Å². The van der Waals surface area contributed by atoms with Gasteiger partial charge < -0.3 is 14.7 Å². The zero-order chi connectivity index (χ0) is 17.4. The molecule has 1 aromatic heterocycles. The highest BCUT2D eigenvalue weighted by Crippen LogP contribution is 2.35. The van der Waals surface area contributed by atoms with Crippen molar-refractivity contribution >= 4 is 17.5 Å². The quantitative estimate of drug-likeness (QED) is 0.905. The number of rotatable bonds is 2. The van der Waals surface area contributed by atoms with Crippen molar-refractivity contribution < 1.29 is 14.1 Å². The van der Waals surface area contributed by atoms with Gasteiger partial charge in [-0.2, -0.15) is 4.98 Å². The number of hydrogen-bond acceptors (Lipinski definition) is 5. The van der Waals surface area contributed by atoms with Crippen LogP contribution in [0.3, 0.4) is 0 Å². The summed E-state index contributed by atoms with van der Waals surface area (Å²) in [6.45, 7) is 3.04. The molecule has 2 amide bonds. The highest BCUT2D eigenvalue weighted by Gasteiger charge is 2.36. The van der Waals surface area contributed by atoms with Crippen molar-refractivity contribution in [3.05, 3.63) is 41.5 Å². The van der Waals surface area contributed by atoms with Crippen molar-refractivity contribution in [2.45, 2.75) is 38.0 Å². The van der Waals surface area contributed by atoms with E-state index < -0.39 is 5.92 Å². The highest BCUT2D eigenvalue weighted by atomic mass is 16.5. The smallest absolute Gasteiger partial charge is 0.231 e. The molecule has 0 saturated carbocycles. The second-order valence-electron chi connectivity index (χ2n) is 6.70. The van der Waals surface area contributed by atoms with Crippen LogP contribution in [-0.2, 0) is 9.59 Å². The minimum atomic E-state index is -0.423. The summed E-state index contributed by atoms with van der Waals surface area (Å²) in [5, 5.41) is 6.69. The average molecular weight is 340 g/mol. The minimum absolute atomic E-state index is 0.00300. The third-order valence-electron chi connectivity index (χ3n) is 4.92. The number of nitrogens with zero attached hydrogens (tertiary/aromatic N) is 3.